The first-order valence-electron chi connectivity index (χ1n) is 7.77. The molecule has 0 aromatic carbocycles. The van der Waals surface area contributed by atoms with Crippen LogP contribution in [0.4, 0.5) is 0 Å². The molecule has 102 valence electrons. The van der Waals surface area contributed by atoms with Crippen LogP contribution in [-0.4, -0.2) is 29.9 Å². The molecule has 3 heteroatoms. The maximum atomic E-state index is 12.0. The summed E-state index contributed by atoms with van der Waals surface area (Å²) in [7, 11) is 0. The zero-order chi connectivity index (χ0) is 12.5. The van der Waals surface area contributed by atoms with Gasteiger partial charge in [0.25, 0.3) is 0 Å². The zero-order valence-electron chi connectivity index (χ0n) is 11.3. The number of nitrogens with two attached hydrogens (primary N) is 1. The molecule has 1 aliphatic heterocycles. The van der Waals surface area contributed by atoms with Gasteiger partial charge in [0.2, 0.25) is 5.91 Å². The molecule has 3 rings (SSSR count). The van der Waals surface area contributed by atoms with E-state index in [1.807, 2.05) is 0 Å². The number of amides is 1. The van der Waals surface area contributed by atoms with Crippen LogP contribution in [0.1, 0.15) is 51.4 Å². The van der Waals surface area contributed by atoms with E-state index in [0.717, 1.165) is 24.3 Å². The lowest BCUT2D eigenvalue weighted by Crippen LogP contribution is -2.38. The number of hydrogen-bond donors (Lipinski definition) is 1. The van der Waals surface area contributed by atoms with Crippen LogP contribution < -0.4 is 5.73 Å². The van der Waals surface area contributed by atoms with Crippen LogP contribution in [-0.2, 0) is 4.79 Å². The maximum absolute atomic E-state index is 12.0. The van der Waals surface area contributed by atoms with Crippen molar-refractivity contribution in [2.75, 3.05) is 13.1 Å². The Balaban J connectivity index is 1.56. The molecule has 18 heavy (non-hydrogen) atoms. The van der Waals surface area contributed by atoms with Gasteiger partial charge in [-0.1, -0.05) is 6.42 Å². The van der Waals surface area contributed by atoms with Gasteiger partial charge in [-0.2, -0.15) is 0 Å². The highest BCUT2D eigenvalue weighted by Gasteiger charge is 2.41. The van der Waals surface area contributed by atoms with Crippen LogP contribution in [0.25, 0.3) is 0 Å². The van der Waals surface area contributed by atoms with Gasteiger partial charge in [-0.05, 0) is 56.3 Å². The number of carbonyl (C=O) groups excluding carboxylic acids is 1. The molecular formula is C15H26N2O. The molecule has 2 aliphatic carbocycles. The Kier molecular flexibility index (Phi) is 3.60. The second-order valence-corrected chi connectivity index (χ2v) is 6.59. The summed E-state index contributed by atoms with van der Waals surface area (Å²) in [6.07, 6.45) is 10.1. The van der Waals surface area contributed by atoms with Crippen molar-refractivity contribution in [3.63, 3.8) is 0 Å². The molecule has 1 heterocycles. The summed E-state index contributed by atoms with van der Waals surface area (Å²) in [5, 5.41) is 0. The molecule has 2 saturated carbocycles. The fourth-order valence-electron chi connectivity index (χ4n) is 4.69. The van der Waals surface area contributed by atoms with E-state index in [9.17, 15) is 4.79 Å². The van der Waals surface area contributed by atoms with Gasteiger partial charge < -0.3 is 10.6 Å². The van der Waals surface area contributed by atoms with Crippen molar-refractivity contribution >= 4 is 5.91 Å². The van der Waals surface area contributed by atoms with E-state index < -0.39 is 0 Å². The average molecular weight is 250 g/mol. The number of hydrogen-bond acceptors (Lipinski definition) is 2. The van der Waals surface area contributed by atoms with E-state index in [1.165, 1.54) is 44.9 Å². The predicted molar refractivity (Wildman–Crippen MR) is 72.0 cm³/mol. The standard InChI is InChI=1S/C15H26N2O/c16-6-5-15(18)17-7-1-2-14(17)10-13-9-11-3-4-12(13)8-11/h11-14H,1-10,16H2/t11-,12-,13+,14+/m0/s1. The Morgan fingerprint density at radius 1 is 1.22 bits per heavy atom. The lowest BCUT2D eigenvalue weighted by Gasteiger charge is -2.30. The highest BCUT2D eigenvalue weighted by molar-refractivity contribution is 5.77. The molecule has 0 aromatic heterocycles. The highest BCUT2D eigenvalue weighted by Crippen LogP contribution is 2.50. The molecule has 3 fully saturated rings. The van der Waals surface area contributed by atoms with E-state index in [2.05, 4.69) is 4.90 Å². The summed E-state index contributed by atoms with van der Waals surface area (Å²) >= 11 is 0. The summed E-state index contributed by atoms with van der Waals surface area (Å²) in [5.74, 6) is 3.22. The number of rotatable bonds is 4. The van der Waals surface area contributed by atoms with Crippen molar-refractivity contribution in [3.05, 3.63) is 0 Å². The summed E-state index contributed by atoms with van der Waals surface area (Å²) in [6.45, 7) is 1.47. The van der Waals surface area contributed by atoms with Crippen molar-refractivity contribution in [3.8, 4) is 0 Å². The van der Waals surface area contributed by atoms with Crippen molar-refractivity contribution in [2.24, 2.45) is 23.5 Å². The Morgan fingerprint density at radius 3 is 2.78 bits per heavy atom. The fourth-order valence-corrected chi connectivity index (χ4v) is 4.69. The third-order valence-corrected chi connectivity index (χ3v) is 5.52. The molecule has 0 spiro atoms. The Hall–Kier alpha value is -0.570. The average Bonchev–Trinajstić information content (AvgIpc) is 3.04. The monoisotopic (exact) mass is 250 g/mol. The summed E-state index contributed by atoms with van der Waals surface area (Å²) in [4.78, 5) is 14.2. The molecule has 0 aromatic rings. The Bertz CT molecular complexity index is 318. The minimum atomic E-state index is 0.295. The Labute approximate surface area is 110 Å². The molecule has 3 nitrogen and oxygen atoms in total. The first-order valence-corrected chi connectivity index (χ1v) is 7.77. The molecule has 2 bridgehead atoms. The van der Waals surface area contributed by atoms with Crippen LogP contribution in [0.5, 0.6) is 0 Å². The van der Waals surface area contributed by atoms with E-state index in [4.69, 9.17) is 5.73 Å². The molecular weight excluding hydrogens is 224 g/mol. The van der Waals surface area contributed by atoms with E-state index in [1.54, 1.807) is 0 Å². The third kappa shape index (κ3) is 2.29. The molecule has 4 atom stereocenters. The lowest BCUT2D eigenvalue weighted by molar-refractivity contribution is -0.132. The topological polar surface area (TPSA) is 46.3 Å². The maximum Gasteiger partial charge on any atom is 0.224 e. The van der Waals surface area contributed by atoms with Crippen LogP contribution >= 0.6 is 0 Å². The van der Waals surface area contributed by atoms with Gasteiger partial charge in [-0.25, -0.2) is 0 Å². The van der Waals surface area contributed by atoms with Crippen LogP contribution in [0, 0.1) is 17.8 Å². The number of nitrogens with zero attached hydrogens (tertiary/aromatic N) is 1. The highest BCUT2D eigenvalue weighted by atomic mass is 16.2. The number of likely N-dealkylation sites (tertiary alicyclic amines) is 1. The van der Waals surface area contributed by atoms with Crippen LogP contribution in [0.2, 0.25) is 0 Å². The van der Waals surface area contributed by atoms with Gasteiger partial charge in [0.1, 0.15) is 0 Å². The van der Waals surface area contributed by atoms with Gasteiger partial charge in [0.15, 0.2) is 0 Å². The van der Waals surface area contributed by atoms with Gasteiger partial charge in [0.05, 0.1) is 0 Å². The van der Waals surface area contributed by atoms with Gasteiger partial charge in [-0.15, -0.1) is 0 Å². The number of fused-ring (bicyclic) bond motifs is 2. The first-order chi connectivity index (χ1) is 8.78. The largest absolute Gasteiger partial charge is 0.340 e. The first kappa shape index (κ1) is 12.5. The van der Waals surface area contributed by atoms with Crippen molar-refractivity contribution in [1.29, 1.82) is 0 Å². The zero-order valence-corrected chi connectivity index (χ0v) is 11.3. The number of carbonyl (C=O) groups is 1. The summed E-state index contributed by atoms with van der Waals surface area (Å²) in [5.41, 5.74) is 5.51. The van der Waals surface area contributed by atoms with Crippen molar-refractivity contribution in [2.45, 2.75) is 57.4 Å². The SMILES string of the molecule is NCCC(=O)N1CCC[C@@H]1C[C@H]1C[C@H]2CC[C@H]1C2. The van der Waals surface area contributed by atoms with Crippen LogP contribution in [0.15, 0.2) is 0 Å². The Morgan fingerprint density at radius 2 is 2.11 bits per heavy atom. The predicted octanol–water partition coefficient (Wildman–Crippen LogP) is 2.15. The molecule has 1 amide bonds. The molecule has 0 radical (unpaired) electrons. The van der Waals surface area contributed by atoms with Crippen LogP contribution in [0.3, 0.4) is 0 Å². The lowest BCUT2D eigenvalue weighted by atomic mass is 9.83. The van der Waals surface area contributed by atoms with E-state index in [0.29, 0.717) is 24.9 Å². The normalized spacial score (nSPS) is 38.6. The second-order valence-electron chi connectivity index (χ2n) is 6.59. The van der Waals surface area contributed by atoms with Gasteiger partial charge >= 0.3 is 0 Å². The molecule has 2 N–H and O–H groups in total. The summed E-state index contributed by atoms with van der Waals surface area (Å²) in [6, 6.07) is 0.536. The quantitative estimate of drug-likeness (QED) is 0.831. The van der Waals surface area contributed by atoms with Gasteiger partial charge in [0, 0.05) is 25.6 Å². The van der Waals surface area contributed by atoms with E-state index >= 15 is 0 Å². The molecule has 3 aliphatic rings. The smallest absolute Gasteiger partial charge is 0.224 e. The van der Waals surface area contributed by atoms with E-state index in [-0.39, 0.29) is 0 Å². The van der Waals surface area contributed by atoms with Crippen molar-refractivity contribution in [1.82, 2.24) is 4.90 Å². The third-order valence-electron chi connectivity index (χ3n) is 5.52. The minimum absolute atomic E-state index is 0.295. The molecule has 0 unspecified atom stereocenters. The second kappa shape index (κ2) is 5.20. The molecule has 1 saturated heterocycles. The van der Waals surface area contributed by atoms with Gasteiger partial charge in [-0.3, -0.25) is 4.79 Å². The van der Waals surface area contributed by atoms with Crippen molar-refractivity contribution < 1.29 is 4.79 Å². The summed E-state index contributed by atoms with van der Waals surface area (Å²) < 4.78 is 0. The fraction of sp³-hybridized carbons (Fsp3) is 0.933. The minimum Gasteiger partial charge on any atom is -0.340 e.